The molecule has 3 rings (SSSR count). The molecule has 0 aliphatic heterocycles. The summed E-state index contributed by atoms with van der Waals surface area (Å²) < 4.78 is 1.42. The van der Waals surface area contributed by atoms with Gasteiger partial charge in [0.05, 0.1) is 5.39 Å². The summed E-state index contributed by atoms with van der Waals surface area (Å²) in [6, 6.07) is 7.43. The molecular weight excluding hydrogens is 302 g/mol. The molecule has 1 aromatic heterocycles. The summed E-state index contributed by atoms with van der Waals surface area (Å²) in [6.45, 7) is 4.70. The second-order valence-electron chi connectivity index (χ2n) is 6.76. The van der Waals surface area contributed by atoms with Crippen molar-refractivity contribution in [3.63, 3.8) is 0 Å². The Hall–Kier alpha value is -2.17. The maximum absolute atomic E-state index is 12.9. The number of nitrogens with one attached hydrogen (secondary N) is 1. The zero-order chi connectivity index (χ0) is 17.1. The highest BCUT2D eigenvalue weighted by molar-refractivity contribution is 6.04. The minimum Gasteiger partial charge on any atom is -0.348 e. The van der Waals surface area contributed by atoms with E-state index in [0.29, 0.717) is 28.9 Å². The van der Waals surface area contributed by atoms with Crippen LogP contribution < -0.4 is 10.9 Å². The molecule has 0 radical (unpaired) electrons. The molecular formula is C19H25N3O2. The number of benzene rings is 1. The highest BCUT2D eigenvalue weighted by Gasteiger charge is 2.25. The molecule has 1 fully saturated rings. The van der Waals surface area contributed by atoms with E-state index in [1.54, 1.807) is 12.1 Å². The molecule has 0 spiro atoms. The zero-order valence-electron chi connectivity index (χ0n) is 14.4. The van der Waals surface area contributed by atoms with Gasteiger partial charge in [-0.3, -0.25) is 9.59 Å². The smallest absolute Gasteiger partial charge is 0.274 e. The fourth-order valence-electron chi connectivity index (χ4n) is 3.53. The predicted octanol–water partition coefficient (Wildman–Crippen LogP) is 3.12. The molecule has 128 valence electrons. The summed E-state index contributed by atoms with van der Waals surface area (Å²) in [5, 5.41) is 8.71. The van der Waals surface area contributed by atoms with Crippen LogP contribution >= 0.6 is 0 Å². The molecule has 1 heterocycles. The van der Waals surface area contributed by atoms with Crippen LogP contribution in [0.4, 0.5) is 0 Å². The molecule has 1 amide bonds. The van der Waals surface area contributed by atoms with Gasteiger partial charge in [0, 0.05) is 18.0 Å². The Balaban J connectivity index is 1.99. The third-order valence-corrected chi connectivity index (χ3v) is 4.95. The van der Waals surface area contributed by atoms with Crippen LogP contribution in [0.5, 0.6) is 0 Å². The van der Waals surface area contributed by atoms with Crippen molar-refractivity contribution >= 4 is 16.7 Å². The van der Waals surface area contributed by atoms with E-state index in [0.717, 1.165) is 25.7 Å². The Bertz CT molecular complexity index is 797. The van der Waals surface area contributed by atoms with Crippen molar-refractivity contribution in [3.8, 4) is 0 Å². The second kappa shape index (κ2) is 7.16. The number of carbonyl (C=O) groups is 1. The molecule has 1 aromatic carbocycles. The lowest BCUT2D eigenvalue weighted by Crippen LogP contribution is -2.42. The Labute approximate surface area is 142 Å². The average Bonchev–Trinajstić information content (AvgIpc) is 2.59. The molecule has 2 aromatic rings. The van der Waals surface area contributed by atoms with Gasteiger partial charge < -0.3 is 5.32 Å². The van der Waals surface area contributed by atoms with Crippen molar-refractivity contribution in [2.75, 3.05) is 0 Å². The highest BCUT2D eigenvalue weighted by atomic mass is 16.2. The first-order valence-corrected chi connectivity index (χ1v) is 8.92. The first-order valence-electron chi connectivity index (χ1n) is 8.92. The summed E-state index contributed by atoms with van der Waals surface area (Å²) in [6.07, 6.45) is 5.34. The number of fused-ring (bicyclic) bond motifs is 1. The van der Waals surface area contributed by atoms with Crippen LogP contribution in [0.25, 0.3) is 10.8 Å². The van der Waals surface area contributed by atoms with Crippen LogP contribution in [0.3, 0.4) is 0 Å². The quantitative estimate of drug-likeness (QED) is 0.938. The minimum absolute atomic E-state index is 0.130. The largest absolute Gasteiger partial charge is 0.348 e. The van der Waals surface area contributed by atoms with E-state index >= 15 is 0 Å². The van der Waals surface area contributed by atoms with Gasteiger partial charge in [-0.2, -0.15) is 5.10 Å². The number of hydrogen-bond acceptors (Lipinski definition) is 3. The third-order valence-electron chi connectivity index (χ3n) is 4.95. The Kier molecular flexibility index (Phi) is 4.97. The normalized spacial score (nSPS) is 20.9. The number of carbonyl (C=O) groups excluding carboxylic acids is 1. The van der Waals surface area contributed by atoms with E-state index < -0.39 is 0 Å². The molecule has 5 nitrogen and oxygen atoms in total. The van der Waals surface area contributed by atoms with Crippen LogP contribution in [0, 0.1) is 5.92 Å². The van der Waals surface area contributed by atoms with E-state index in [4.69, 9.17) is 0 Å². The monoisotopic (exact) mass is 327 g/mol. The maximum Gasteiger partial charge on any atom is 0.274 e. The first-order chi connectivity index (χ1) is 11.6. The van der Waals surface area contributed by atoms with Crippen molar-refractivity contribution in [1.29, 1.82) is 0 Å². The van der Waals surface area contributed by atoms with Gasteiger partial charge in [-0.15, -0.1) is 0 Å². The van der Waals surface area contributed by atoms with Crippen molar-refractivity contribution in [2.24, 2.45) is 5.92 Å². The molecule has 24 heavy (non-hydrogen) atoms. The van der Waals surface area contributed by atoms with Gasteiger partial charge in [-0.05, 0) is 31.2 Å². The van der Waals surface area contributed by atoms with Gasteiger partial charge >= 0.3 is 0 Å². The average molecular weight is 327 g/mol. The van der Waals surface area contributed by atoms with E-state index in [2.05, 4.69) is 17.3 Å². The van der Waals surface area contributed by atoms with Crippen molar-refractivity contribution in [3.05, 3.63) is 40.3 Å². The summed E-state index contributed by atoms with van der Waals surface area (Å²) in [7, 11) is 0. The van der Waals surface area contributed by atoms with E-state index in [-0.39, 0.29) is 17.5 Å². The second-order valence-corrected chi connectivity index (χ2v) is 6.76. The number of hydrogen-bond donors (Lipinski definition) is 1. The van der Waals surface area contributed by atoms with Crippen LogP contribution in [0.2, 0.25) is 0 Å². The molecule has 0 saturated heterocycles. The molecule has 1 saturated carbocycles. The van der Waals surface area contributed by atoms with Crippen molar-refractivity contribution < 1.29 is 4.79 Å². The van der Waals surface area contributed by atoms with Gasteiger partial charge in [0.2, 0.25) is 0 Å². The molecule has 0 bridgehead atoms. The first kappa shape index (κ1) is 16.7. The predicted molar refractivity (Wildman–Crippen MR) is 95.2 cm³/mol. The molecule has 1 aliphatic carbocycles. The van der Waals surface area contributed by atoms with Crippen LogP contribution in [0.15, 0.2) is 29.1 Å². The Morgan fingerprint density at radius 1 is 1.25 bits per heavy atom. The fourth-order valence-corrected chi connectivity index (χ4v) is 3.53. The van der Waals surface area contributed by atoms with E-state index in [1.165, 1.54) is 11.1 Å². The molecule has 1 aliphatic rings. The van der Waals surface area contributed by atoms with Gasteiger partial charge in [0.1, 0.15) is 0 Å². The summed E-state index contributed by atoms with van der Waals surface area (Å²) in [5.74, 6) is 0.310. The summed E-state index contributed by atoms with van der Waals surface area (Å²) in [4.78, 5) is 25.4. The standard InChI is InChI=1S/C19H25N3O2/c1-3-12-22-19(24)15-10-6-5-9-14(15)17(21-22)18(23)20-16-11-7-4-8-13(16)2/h5-6,9-10,13,16H,3-4,7-8,11-12H2,1-2H3,(H,20,23)/t13-,16-/m1/s1. The van der Waals surface area contributed by atoms with E-state index in [9.17, 15) is 9.59 Å². The van der Waals surface area contributed by atoms with Crippen molar-refractivity contribution in [1.82, 2.24) is 15.1 Å². The zero-order valence-corrected chi connectivity index (χ0v) is 14.4. The third kappa shape index (κ3) is 3.21. The topological polar surface area (TPSA) is 64.0 Å². The molecule has 0 unspecified atom stereocenters. The van der Waals surface area contributed by atoms with Crippen LogP contribution in [-0.4, -0.2) is 21.7 Å². The molecule has 1 N–H and O–H groups in total. The van der Waals surface area contributed by atoms with Gasteiger partial charge in [0.25, 0.3) is 11.5 Å². The van der Waals surface area contributed by atoms with Crippen molar-refractivity contribution in [2.45, 2.75) is 58.5 Å². The Morgan fingerprint density at radius 3 is 2.67 bits per heavy atom. The van der Waals surface area contributed by atoms with Gasteiger partial charge in [-0.25, -0.2) is 4.68 Å². The Morgan fingerprint density at radius 2 is 1.96 bits per heavy atom. The van der Waals surface area contributed by atoms with Crippen LogP contribution in [-0.2, 0) is 6.54 Å². The molecule has 2 atom stereocenters. The fraction of sp³-hybridized carbons (Fsp3) is 0.526. The van der Waals surface area contributed by atoms with Gasteiger partial charge in [0.15, 0.2) is 5.69 Å². The lowest BCUT2D eigenvalue weighted by Gasteiger charge is -2.29. The maximum atomic E-state index is 12.9. The number of rotatable bonds is 4. The molecule has 5 heteroatoms. The SMILES string of the molecule is CCCn1nc(C(=O)N[C@@H]2CCCC[C@H]2C)c2ccccc2c1=O. The lowest BCUT2D eigenvalue weighted by molar-refractivity contribution is 0.0904. The number of aryl methyl sites for hydroxylation is 1. The minimum atomic E-state index is -0.171. The number of nitrogens with zero attached hydrogens (tertiary/aromatic N) is 2. The number of amides is 1. The van der Waals surface area contributed by atoms with E-state index in [1.807, 2.05) is 19.1 Å². The summed E-state index contributed by atoms with van der Waals surface area (Å²) >= 11 is 0. The number of aromatic nitrogens is 2. The van der Waals surface area contributed by atoms with Gasteiger partial charge in [-0.1, -0.05) is 44.9 Å². The van der Waals surface area contributed by atoms with Crippen LogP contribution in [0.1, 0.15) is 56.4 Å². The summed E-state index contributed by atoms with van der Waals surface area (Å²) in [5.41, 5.74) is 0.228. The highest BCUT2D eigenvalue weighted by Crippen LogP contribution is 2.24. The lowest BCUT2D eigenvalue weighted by atomic mass is 9.86.